The van der Waals surface area contributed by atoms with Crippen LogP contribution in [0, 0.1) is 0 Å². The van der Waals surface area contributed by atoms with Gasteiger partial charge in [-0.3, -0.25) is 9.59 Å². The highest BCUT2D eigenvalue weighted by atomic mass is 16.1. The summed E-state index contributed by atoms with van der Waals surface area (Å²) in [5.74, 6) is 0.0615. The Labute approximate surface area is 75.8 Å². The quantitative estimate of drug-likeness (QED) is 0.593. The molecule has 0 aromatic carbocycles. The molecule has 0 fully saturated rings. The van der Waals surface area contributed by atoms with Crippen LogP contribution in [0.4, 0.5) is 0 Å². The van der Waals surface area contributed by atoms with Gasteiger partial charge in [0.2, 0.25) is 5.91 Å². The topological polar surface area (TPSA) is 46.2 Å². The Morgan fingerprint density at radius 1 is 1.31 bits per heavy atom. The Hall–Kier alpha value is -1.64. The van der Waals surface area contributed by atoms with Crippen LogP contribution in [0.15, 0.2) is 35.6 Å². The van der Waals surface area contributed by atoms with Gasteiger partial charge in [-0.15, -0.1) is 0 Å². The minimum absolute atomic E-state index is 0.133. The van der Waals surface area contributed by atoms with Crippen molar-refractivity contribution in [2.24, 2.45) is 0 Å². The van der Waals surface area contributed by atoms with E-state index in [2.05, 4.69) is 5.32 Å². The molecule has 1 amide bonds. The molecule has 3 heteroatoms. The summed E-state index contributed by atoms with van der Waals surface area (Å²) in [6.45, 7) is 0. The van der Waals surface area contributed by atoms with Gasteiger partial charge in [-0.05, 0) is 5.57 Å². The molecule has 0 aromatic rings. The lowest BCUT2D eigenvalue weighted by atomic mass is 9.97. The number of amides is 1. The van der Waals surface area contributed by atoms with Crippen LogP contribution in [-0.4, -0.2) is 11.7 Å². The summed E-state index contributed by atoms with van der Waals surface area (Å²) >= 11 is 0. The Morgan fingerprint density at radius 3 is 3.00 bits per heavy atom. The second-order valence-corrected chi connectivity index (χ2v) is 3.08. The first kappa shape index (κ1) is 7.98. The molecule has 1 N–H and O–H groups in total. The monoisotopic (exact) mass is 175 g/mol. The van der Waals surface area contributed by atoms with E-state index in [0.717, 1.165) is 11.3 Å². The second-order valence-electron chi connectivity index (χ2n) is 3.08. The van der Waals surface area contributed by atoms with E-state index in [-0.39, 0.29) is 11.7 Å². The standard InChI is InChI=1S/C10H9NO2/c12-8-4-5-9-7(6-8)2-1-3-10(13)11-9/h1-3,5H,4,6H2,(H,11,13). The molecule has 2 rings (SSSR count). The molecule has 66 valence electrons. The van der Waals surface area contributed by atoms with Crippen molar-refractivity contribution < 1.29 is 9.59 Å². The predicted molar refractivity (Wildman–Crippen MR) is 47.7 cm³/mol. The molecule has 3 nitrogen and oxygen atoms in total. The van der Waals surface area contributed by atoms with Crippen molar-refractivity contribution in [1.29, 1.82) is 0 Å². The third-order valence-electron chi connectivity index (χ3n) is 2.07. The van der Waals surface area contributed by atoms with Gasteiger partial charge in [-0.1, -0.05) is 18.2 Å². The molecule has 1 aliphatic carbocycles. The Morgan fingerprint density at radius 2 is 2.15 bits per heavy atom. The smallest absolute Gasteiger partial charge is 0.248 e. The van der Waals surface area contributed by atoms with Gasteiger partial charge in [0.05, 0.1) is 0 Å². The molecule has 1 aliphatic heterocycles. The van der Waals surface area contributed by atoms with E-state index < -0.39 is 0 Å². The number of hydrogen-bond donors (Lipinski definition) is 1. The average molecular weight is 175 g/mol. The maximum absolute atomic E-state index is 11.1. The van der Waals surface area contributed by atoms with E-state index in [1.165, 1.54) is 6.08 Å². The Kier molecular flexibility index (Phi) is 1.85. The van der Waals surface area contributed by atoms with E-state index in [0.29, 0.717) is 12.8 Å². The van der Waals surface area contributed by atoms with Crippen molar-refractivity contribution >= 4 is 11.7 Å². The second kappa shape index (κ2) is 3.01. The fourth-order valence-corrected chi connectivity index (χ4v) is 1.43. The normalized spacial score (nSPS) is 21.2. The van der Waals surface area contributed by atoms with Crippen molar-refractivity contribution in [3.8, 4) is 0 Å². The predicted octanol–water partition coefficient (Wildman–Crippen LogP) is 0.846. The summed E-state index contributed by atoms with van der Waals surface area (Å²) in [5, 5.41) is 2.72. The van der Waals surface area contributed by atoms with Gasteiger partial charge in [0.25, 0.3) is 0 Å². The summed E-state index contributed by atoms with van der Waals surface area (Å²) in [6, 6.07) is 0. The van der Waals surface area contributed by atoms with Gasteiger partial charge < -0.3 is 5.32 Å². The highest BCUT2D eigenvalue weighted by Crippen LogP contribution is 2.20. The summed E-state index contributed by atoms with van der Waals surface area (Å²) in [7, 11) is 0. The zero-order valence-electron chi connectivity index (χ0n) is 7.04. The highest BCUT2D eigenvalue weighted by molar-refractivity contribution is 5.93. The summed E-state index contributed by atoms with van der Waals surface area (Å²) < 4.78 is 0. The molecule has 0 bridgehead atoms. The molecular weight excluding hydrogens is 166 g/mol. The summed E-state index contributed by atoms with van der Waals surface area (Å²) in [4.78, 5) is 22.2. The van der Waals surface area contributed by atoms with Crippen LogP contribution in [0.3, 0.4) is 0 Å². The zero-order valence-corrected chi connectivity index (χ0v) is 7.04. The lowest BCUT2D eigenvalue weighted by Gasteiger charge is -2.14. The molecule has 0 saturated carbocycles. The molecule has 2 aliphatic rings. The van der Waals surface area contributed by atoms with Crippen molar-refractivity contribution in [2.75, 3.05) is 0 Å². The first-order valence-corrected chi connectivity index (χ1v) is 4.16. The largest absolute Gasteiger partial charge is 0.323 e. The lowest BCUT2D eigenvalue weighted by molar-refractivity contribution is -0.118. The number of Topliss-reactive ketones (excluding diaryl/α,β-unsaturated/α-hetero) is 1. The van der Waals surface area contributed by atoms with Crippen LogP contribution in [-0.2, 0) is 9.59 Å². The molecule has 0 spiro atoms. The summed E-state index contributed by atoms with van der Waals surface area (Å²) in [5.41, 5.74) is 1.69. The third-order valence-corrected chi connectivity index (χ3v) is 2.07. The van der Waals surface area contributed by atoms with Gasteiger partial charge in [0.15, 0.2) is 0 Å². The maximum Gasteiger partial charge on any atom is 0.248 e. The van der Waals surface area contributed by atoms with Crippen molar-refractivity contribution in [3.63, 3.8) is 0 Å². The minimum Gasteiger partial charge on any atom is -0.323 e. The maximum atomic E-state index is 11.1. The minimum atomic E-state index is -0.133. The molecular formula is C10H9NO2. The fraction of sp³-hybridized carbons (Fsp3) is 0.200. The van der Waals surface area contributed by atoms with Gasteiger partial charge in [0.1, 0.15) is 5.78 Å². The van der Waals surface area contributed by atoms with Crippen LogP contribution in [0.1, 0.15) is 12.8 Å². The molecule has 0 atom stereocenters. The number of carbonyl (C=O) groups excluding carboxylic acids is 2. The number of ketones is 1. The third kappa shape index (κ3) is 1.59. The number of rotatable bonds is 0. The average Bonchev–Trinajstić information content (AvgIpc) is 2.25. The molecule has 0 saturated heterocycles. The number of nitrogens with one attached hydrogen (secondary N) is 1. The lowest BCUT2D eigenvalue weighted by Crippen LogP contribution is -2.23. The van der Waals surface area contributed by atoms with Gasteiger partial charge in [0, 0.05) is 24.6 Å². The van der Waals surface area contributed by atoms with Crippen LogP contribution in [0.5, 0.6) is 0 Å². The van der Waals surface area contributed by atoms with Crippen LogP contribution in [0.2, 0.25) is 0 Å². The first-order chi connectivity index (χ1) is 6.25. The first-order valence-electron chi connectivity index (χ1n) is 4.16. The zero-order chi connectivity index (χ0) is 9.26. The Bertz CT molecular complexity index is 361. The van der Waals surface area contributed by atoms with Crippen LogP contribution < -0.4 is 5.32 Å². The van der Waals surface area contributed by atoms with Crippen molar-refractivity contribution in [2.45, 2.75) is 12.8 Å². The highest BCUT2D eigenvalue weighted by Gasteiger charge is 2.17. The molecule has 13 heavy (non-hydrogen) atoms. The molecule has 0 aromatic heterocycles. The van der Waals surface area contributed by atoms with Crippen LogP contribution >= 0.6 is 0 Å². The fourth-order valence-electron chi connectivity index (χ4n) is 1.43. The van der Waals surface area contributed by atoms with E-state index in [9.17, 15) is 9.59 Å². The number of hydrogen-bond acceptors (Lipinski definition) is 2. The Balaban J connectivity index is 2.35. The van der Waals surface area contributed by atoms with Crippen molar-refractivity contribution in [3.05, 3.63) is 35.6 Å². The van der Waals surface area contributed by atoms with Gasteiger partial charge in [-0.2, -0.15) is 0 Å². The SMILES string of the molecule is O=C1CC=C2NC(=O)C=CC=C2C1. The van der Waals surface area contributed by atoms with Gasteiger partial charge >= 0.3 is 0 Å². The molecule has 1 heterocycles. The van der Waals surface area contributed by atoms with E-state index in [1.807, 2.05) is 0 Å². The van der Waals surface area contributed by atoms with Gasteiger partial charge in [-0.25, -0.2) is 0 Å². The summed E-state index contributed by atoms with van der Waals surface area (Å²) in [6.07, 6.45) is 7.55. The van der Waals surface area contributed by atoms with E-state index >= 15 is 0 Å². The number of fused-ring (bicyclic) bond motifs is 1. The number of allylic oxidation sites excluding steroid dienone is 4. The van der Waals surface area contributed by atoms with E-state index in [1.54, 1.807) is 18.2 Å². The van der Waals surface area contributed by atoms with Crippen molar-refractivity contribution in [1.82, 2.24) is 5.32 Å². The molecule has 0 unspecified atom stereocenters. The molecule has 0 radical (unpaired) electrons. The van der Waals surface area contributed by atoms with Crippen LogP contribution in [0.25, 0.3) is 0 Å². The van der Waals surface area contributed by atoms with E-state index in [4.69, 9.17) is 0 Å². The number of carbonyl (C=O) groups is 2.